The summed E-state index contributed by atoms with van der Waals surface area (Å²) in [5.74, 6) is -1.20. The van der Waals surface area contributed by atoms with Gasteiger partial charge in [-0.2, -0.15) is 0 Å². The predicted octanol–water partition coefficient (Wildman–Crippen LogP) is 3.14. The monoisotopic (exact) mass is 385 g/mol. The van der Waals surface area contributed by atoms with Crippen molar-refractivity contribution in [3.63, 3.8) is 0 Å². The lowest BCUT2D eigenvalue weighted by atomic mass is 9.66. The van der Waals surface area contributed by atoms with Crippen molar-refractivity contribution in [2.45, 2.75) is 32.6 Å². The highest BCUT2D eigenvalue weighted by molar-refractivity contribution is 6.27. The largest absolute Gasteiger partial charge is 0.355 e. The van der Waals surface area contributed by atoms with Gasteiger partial charge >= 0.3 is 0 Å². The number of Topliss-reactive ketones (excluding diaryl/α,β-unsaturated/α-hetero) is 3. The summed E-state index contributed by atoms with van der Waals surface area (Å²) in [5, 5.41) is 3.17. The summed E-state index contributed by atoms with van der Waals surface area (Å²) in [7, 11) is 0. The van der Waals surface area contributed by atoms with Gasteiger partial charge in [0.05, 0.1) is 11.3 Å². The van der Waals surface area contributed by atoms with Gasteiger partial charge in [-0.1, -0.05) is 44.2 Å². The summed E-state index contributed by atoms with van der Waals surface area (Å²) in [6, 6.07) is 9.43. The van der Waals surface area contributed by atoms with Gasteiger partial charge in [-0.3, -0.25) is 14.4 Å². The lowest BCUT2D eigenvalue weighted by Gasteiger charge is -2.40. The van der Waals surface area contributed by atoms with Gasteiger partial charge in [-0.25, -0.2) is 9.97 Å². The second-order valence-electron chi connectivity index (χ2n) is 8.53. The molecule has 2 heterocycles. The van der Waals surface area contributed by atoms with Gasteiger partial charge < -0.3 is 5.32 Å². The zero-order valence-corrected chi connectivity index (χ0v) is 16.2. The summed E-state index contributed by atoms with van der Waals surface area (Å²) < 4.78 is 0. The first-order valence-corrected chi connectivity index (χ1v) is 9.59. The number of dihydropyridines is 1. The maximum Gasteiger partial charge on any atom is 0.228 e. The number of hydrogen-bond acceptors (Lipinski definition) is 6. The zero-order chi connectivity index (χ0) is 20.3. The molecule has 1 aromatic heterocycles. The summed E-state index contributed by atoms with van der Waals surface area (Å²) in [5.41, 5.74) is 2.77. The molecule has 1 unspecified atom stereocenters. The summed E-state index contributed by atoms with van der Waals surface area (Å²) >= 11 is 0. The van der Waals surface area contributed by atoms with Gasteiger partial charge in [0.2, 0.25) is 5.78 Å². The fraction of sp³-hybridized carbons (Fsp3) is 0.261. The van der Waals surface area contributed by atoms with E-state index in [9.17, 15) is 14.4 Å². The molecule has 0 saturated carbocycles. The lowest BCUT2D eigenvalue weighted by molar-refractivity contribution is -0.118. The molecule has 0 fully saturated rings. The number of aromatic nitrogens is 2. The van der Waals surface area contributed by atoms with Crippen LogP contribution in [0.3, 0.4) is 0 Å². The molecular formula is C23H19N3O3. The van der Waals surface area contributed by atoms with Crippen LogP contribution in [-0.2, 0) is 4.79 Å². The van der Waals surface area contributed by atoms with Crippen molar-refractivity contribution in [2.24, 2.45) is 5.41 Å². The number of rotatable bonds is 1. The Bertz CT molecular complexity index is 1160. The van der Waals surface area contributed by atoms with Crippen LogP contribution in [0.25, 0.3) is 0 Å². The van der Waals surface area contributed by atoms with Crippen LogP contribution in [0.2, 0.25) is 0 Å². The van der Waals surface area contributed by atoms with Crippen LogP contribution >= 0.6 is 0 Å². The average Bonchev–Trinajstić information content (AvgIpc) is 2.70. The molecule has 144 valence electrons. The van der Waals surface area contributed by atoms with Crippen molar-refractivity contribution in [3.05, 3.63) is 82.2 Å². The normalized spacial score (nSPS) is 22.7. The van der Waals surface area contributed by atoms with Gasteiger partial charge in [-0.15, -0.1) is 0 Å². The summed E-state index contributed by atoms with van der Waals surface area (Å²) in [6.45, 7) is 4.07. The maximum atomic E-state index is 13.4. The van der Waals surface area contributed by atoms with Crippen molar-refractivity contribution < 1.29 is 14.4 Å². The van der Waals surface area contributed by atoms with E-state index < -0.39 is 5.92 Å². The van der Waals surface area contributed by atoms with Crippen molar-refractivity contribution >= 4 is 17.3 Å². The molecule has 1 N–H and O–H groups in total. The van der Waals surface area contributed by atoms with Gasteiger partial charge in [0.1, 0.15) is 12.0 Å². The molecule has 1 aliphatic heterocycles. The number of nitrogens with one attached hydrogen (secondary N) is 1. The van der Waals surface area contributed by atoms with Crippen LogP contribution < -0.4 is 5.32 Å². The molecule has 29 heavy (non-hydrogen) atoms. The molecule has 1 aromatic carbocycles. The van der Waals surface area contributed by atoms with Crippen molar-refractivity contribution in [3.8, 4) is 0 Å². The highest BCUT2D eigenvalue weighted by atomic mass is 16.1. The summed E-state index contributed by atoms with van der Waals surface area (Å²) in [4.78, 5) is 47.8. The van der Waals surface area contributed by atoms with Crippen LogP contribution in [-0.4, -0.2) is 27.3 Å². The first-order chi connectivity index (χ1) is 13.9. The molecule has 0 spiro atoms. The first-order valence-electron chi connectivity index (χ1n) is 9.59. The Morgan fingerprint density at radius 2 is 1.76 bits per heavy atom. The lowest BCUT2D eigenvalue weighted by Crippen LogP contribution is -2.42. The third-order valence-electron chi connectivity index (χ3n) is 5.82. The van der Waals surface area contributed by atoms with Crippen LogP contribution in [0.15, 0.2) is 65.4 Å². The molecule has 6 heteroatoms. The minimum Gasteiger partial charge on any atom is -0.355 e. The molecular weight excluding hydrogens is 366 g/mol. The molecule has 3 aliphatic rings. The predicted molar refractivity (Wildman–Crippen MR) is 105 cm³/mol. The van der Waals surface area contributed by atoms with Crippen molar-refractivity contribution in [2.75, 3.05) is 0 Å². The van der Waals surface area contributed by atoms with E-state index in [2.05, 4.69) is 15.3 Å². The highest BCUT2D eigenvalue weighted by Crippen LogP contribution is 2.48. The number of fused-ring (bicyclic) bond motifs is 1. The minimum atomic E-state index is -0.573. The molecule has 5 rings (SSSR count). The van der Waals surface area contributed by atoms with Gasteiger partial charge in [0.15, 0.2) is 11.6 Å². The number of allylic oxidation sites excluding steroid dienone is 4. The SMILES string of the molecule is CC1(C)CC(=O)C2=C(C1)NC1=C(C(=O)c3cncnc3C1=O)C2c1ccccc1. The third kappa shape index (κ3) is 2.59. The van der Waals surface area contributed by atoms with Gasteiger partial charge in [0, 0.05) is 35.4 Å². The summed E-state index contributed by atoms with van der Waals surface area (Å²) in [6.07, 6.45) is 3.68. The smallest absolute Gasteiger partial charge is 0.228 e. The molecule has 6 nitrogen and oxygen atoms in total. The molecule has 1 atom stereocenters. The number of benzene rings is 1. The van der Waals surface area contributed by atoms with E-state index in [4.69, 9.17) is 0 Å². The Balaban J connectivity index is 1.76. The van der Waals surface area contributed by atoms with E-state index in [0.717, 1.165) is 11.3 Å². The van der Waals surface area contributed by atoms with E-state index in [1.807, 2.05) is 44.2 Å². The molecule has 2 aromatic rings. The fourth-order valence-corrected chi connectivity index (χ4v) is 4.63. The molecule has 0 amide bonds. The topological polar surface area (TPSA) is 89.0 Å². The number of carbonyl (C=O) groups excluding carboxylic acids is 3. The Morgan fingerprint density at radius 1 is 1.00 bits per heavy atom. The molecule has 0 saturated heterocycles. The van der Waals surface area contributed by atoms with E-state index in [1.54, 1.807) is 0 Å². The van der Waals surface area contributed by atoms with E-state index in [-0.39, 0.29) is 39.7 Å². The molecule has 0 bridgehead atoms. The Hall–Kier alpha value is -3.41. The average molecular weight is 385 g/mol. The zero-order valence-electron chi connectivity index (χ0n) is 16.2. The van der Waals surface area contributed by atoms with Crippen LogP contribution in [0.5, 0.6) is 0 Å². The molecule has 2 aliphatic carbocycles. The second kappa shape index (κ2) is 6.04. The maximum absolute atomic E-state index is 13.4. The molecule has 0 radical (unpaired) electrons. The third-order valence-corrected chi connectivity index (χ3v) is 5.82. The van der Waals surface area contributed by atoms with Crippen LogP contribution in [0.4, 0.5) is 0 Å². The Labute approximate surface area is 167 Å². The quantitative estimate of drug-likeness (QED) is 0.811. The van der Waals surface area contributed by atoms with Gasteiger partial charge in [0.25, 0.3) is 0 Å². The number of ketones is 3. The Morgan fingerprint density at radius 3 is 2.52 bits per heavy atom. The van der Waals surface area contributed by atoms with E-state index >= 15 is 0 Å². The number of carbonyl (C=O) groups is 3. The second-order valence-corrected chi connectivity index (χ2v) is 8.53. The van der Waals surface area contributed by atoms with Crippen LogP contribution in [0, 0.1) is 5.41 Å². The Kier molecular flexibility index (Phi) is 3.68. The van der Waals surface area contributed by atoms with E-state index in [1.165, 1.54) is 12.5 Å². The van der Waals surface area contributed by atoms with E-state index in [0.29, 0.717) is 24.0 Å². The number of nitrogens with zero attached hydrogens (tertiary/aromatic N) is 2. The van der Waals surface area contributed by atoms with Gasteiger partial charge in [-0.05, 0) is 17.4 Å². The first kappa shape index (κ1) is 17.7. The number of hydrogen-bond donors (Lipinski definition) is 1. The van der Waals surface area contributed by atoms with Crippen LogP contribution in [0.1, 0.15) is 59.0 Å². The fourth-order valence-electron chi connectivity index (χ4n) is 4.63. The van der Waals surface area contributed by atoms with Crippen molar-refractivity contribution in [1.29, 1.82) is 0 Å². The minimum absolute atomic E-state index is 0.0134. The highest BCUT2D eigenvalue weighted by Gasteiger charge is 2.47. The standard InChI is InChI=1S/C23H19N3O3/c1-23(2)8-14-17(15(27)9-23)16(12-6-4-3-5-7-12)18-20(26-14)22(29)19-13(21(18)28)10-24-11-25-19/h3-7,10-11,16,26H,8-9H2,1-2H3. The van der Waals surface area contributed by atoms with Crippen molar-refractivity contribution in [1.82, 2.24) is 15.3 Å².